The summed E-state index contributed by atoms with van der Waals surface area (Å²) in [5.74, 6) is -0.114. The molecule has 0 saturated heterocycles. The minimum atomic E-state index is -0.133. The first-order valence-corrected chi connectivity index (χ1v) is 12.1. The monoisotopic (exact) mass is 468 g/mol. The molecule has 2 aromatic carbocycles. The highest BCUT2D eigenvalue weighted by molar-refractivity contribution is 7.11. The van der Waals surface area contributed by atoms with Crippen molar-refractivity contribution in [2.24, 2.45) is 0 Å². The lowest BCUT2D eigenvalue weighted by molar-refractivity contribution is 0.0734. The van der Waals surface area contributed by atoms with E-state index in [-0.39, 0.29) is 11.8 Å². The summed E-state index contributed by atoms with van der Waals surface area (Å²) in [6, 6.07) is 17.9. The summed E-state index contributed by atoms with van der Waals surface area (Å²) in [5, 5.41) is 2.98. The van der Waals surface area contributed by atoms with E-state index in [1.165, 1.54) is 16.9 Å². The van der Waals surface area contributed by atoms with E-state index >= 15 is 0 Å². The summed E-state index contributed by atoms with van der Waals surface area (Å²) in [6.45, 7) is 3.51. The maximum atomic E-state index is 13.2. The summed E-state index contributed by atoms with van der Waals surface area (Å²) >= 11 is 1.32. The van der Waals surface area contributed by atoms with Gasteiger partial charge in [-0.15, -0.1) is 11.3 Å². The highest BCUT2D eigenvalue weighted by atomic mass is 32.1. The van der Waals surface area contributed by atoms with Crippen molar-refractivity contribution in [1.82, 2.24) is 20.2 Å². The van der Waals surface area contributed by atoms with E-state index in [4.69, 9.17) is 0 Å². The lowest BCUT2D eigenvalue weighted by Gasteiger charge is -2.30. The van der Waals surface area contributed by atoms with Gasteiger partial charge < -0.3 is 10.2 Å². The van der Waals surface area contributed by atoms with Crippen LogP contribution in [0.15, 0.2) is 72.5 Å². The topological polar surface area (TPSA) is 75.2 Å². The molecule has 2 amide bonds. The molecule has 4 aromatic rings. The van der Waals surface area contributed by atoms with Gasteiger partial charge in [0, 0.05) is 37.1 Å². The van der Waals surface area contributed by atoms with Crippen LogP contribution in [0.2, 0.25) is 0 Å². The molecule has 34 heavy (non-hydrogen) atoms. The molecule has 0 atom stereocenters. The number of nitrogens with zero attached hydrogens (tertiary/aromatic N) is 3. The fourth-order valence-corrected chi connectivity index (χ4v) is 4.87. The Hall–Kier alpha value is -3.84. The molecular formula is C27H24N4O2S. The molecule has 2 aromatic heterocycles. The Labute approximate surface area is 202 Å². The normalized spacial score (nSPS) is 12.8. The van der Waals surface area contributed by atoms with Crippen LogP contribution in [0.4, 0.5) is 0 Å². The van der Waals surface area contributed by atoms with Crippen LogP contribution >= 0.6 is 11.3 Å². The van der Waals surface area contributed by atoms with Crippen molar-refractivity contribution in [1.29, 1.82) is 0 Å². The number of carbonyl (C=O) groups excluding carboxylic acids is 2. The van der Waals surface area contributed by atoms with E-state index < -0.39 is 0 Å². The van der Waals surface area contributed by atoms with Crippen LogP contribution in [0.25, 0.3) is 11.1 Å². The molecule has 0 saturated carbocycles. The van der Waals surface area contributed by atoms with Crippen LogP contribution in [0.5, 0.6) is 0 Å². The van der Waals surface area contributed by atoms with Gasteiger partial charge in [0.2, 0.25) is 0 Å². The molecule has 5 rings (SSSR count). The number of carbonyl (C=O) groups is 2. The number of benzene rings is 2. The van der Waals surface area contributed by atoms with Crippen LogP contribution in [0.3, 0.4) is 0 Å². The maximum Gasteiger partial charge on any atom is 0.263 e. The predicted molar refractivity (Wildman–Crippen MR) is 133 cm³/mol. The summed E-state index contributed by atoms with van der Waals surface area (Å²) in [4.78, 5) is 36.5. The Bertz CT molecular complexity index is 1320. The Morgan fingerprint density at radius 3 is 2.53 bits per heavy atom. The van der Waals surface area contributed by atoms with Crippen molar-refractivity contribution in [3.63, 3.8) is 0 Å². The van der Waals surface area contributed by atoms with Crippen LogP contribution in [0.1, 0.15) is 42.4 Å². The first-order chi connectivity index (χ1) is 16.6. The molecule has 170 valence electrons. The number of aromatic nitrogens is 2. The van der Waals surface area contributed by atoms with Crippen molar-refractivity contribution >= 4 is 23.2 Å². The van der Waals surface area contributed by atoms with Crippen molar-refractivity contribution < 1.29 is 9.59 Å². The molecule has 0 radical (unpaired) electrons. The van der Waals surface area contributed by atoms with Crippen LogP contribution in [0, 0.1) is 6.92 Å². The second kappa shape index (κ2) is 9.57. The van der Waals surface area contributed by atoms with E-state index in [0.717, 1.165) is 34.4 Å². The van der Waals surface area contributed by atoms with Gasteiger partial charge in [-0.1, -0.05) is 42.5 Å². The second-order valence-electron chi connectivity index (χ2n) is 8.29. The zero-order valence-corrected chi connectivity index (χ0v) is 19.6. The fraction of sp³-hybridized carbons (Fsp3) is 0.185. The zero-order valence-electron chi connectivity index (χ0n) is 18.8. The van der Waals surface area contributed by atoms with E-state index in [0.29, 0.717) is 30.1 Å². The third-order valence-electron chi connectivity index (χ3n) is 6.20. The predicted octanol–water partition coefficient (Wildman–Crippen LogP) is 4.64. The number of amides is 2. The third kappa shape index (κ3) is 4.47. The zero-order chi connectivity index (χ0) is 23.5. The second-order valence-corrected chi connectivity index (χ2v) is 9.18. The average Bonchev–Trinajstić information content (AvgIpc) is 3.43. The lowest BCUT2D eigenvalue weighted by Crippen LogP contribution is -2.37. The van der Waals surface area contributed by atoms with Gasteiger partial charge in [0.25, 0.3) is 11.8 Å². The molecule has 3 heterocycles. The average molecular weight is 469 g/mol. The Morgan fingerprint density at radius 2 is 1.79 bits per heavy atom. The molecular weight excluding hydrogens is 444 g/mol. The number of hydrogen-bond acceptors (Lipinski definition) is 5. The highest BCUT2D eigenvalue weighted by Crippen LogP contribution is 2.26. The van der Waals surface area contributed by atoms with Crippen molar-refractivity contribution in [3.05, 3.63) is 105 Å². The van der Waals surface area contributed by atoms with Gasteiger partial charge in [-0.3, -0.25) is 19.6 Å². The Kier molecular flexibility index (Phi) is 6.18. The molecule has 0 aliphatic carbocycles. The van der Waals surface area contributed by atoms with Crippen molar-refractivity contribution in [2.75, 3.05) is 6.54 Å². The summed E-state index contributed by atoms with van der Waals surface area (Å²) in [6.07, 6.45) is 4.16. The largest absolute Gasteiger partial charge is 0.347 e. The number of thiazole rings is 1. The van der Waals surface area contributed by atoms with Crippen LogP contribution in [-0.4, -0.2) is 33.2 Å². The summed E-state index contributed by atoms with van der Waals surface area (Å²) in [5.41, 5.74) is 8.70. The van der Waals surface area contributed by atoms with Gasteiger partial charge in [-0.2, -0.15) is 0 Å². The van der Waals surface area contributed by atoms with Gasteiger partial charge in [-0.25, -0.2) is 0 Å². The van der Waals surface area contributed by atoms with Gasteiger partial charge in [-0.05, 0) is 53.3 Å². The maximum absolute atomic E-state index is 13.2. The molecule has 0 bridgehead atoms. The van der Waals surface area contributed by atoms with Gasteiger partial charge in [0.1, 0.15) is 4.88 Å². The number of fused-ring (bicyclic) bond motifs is 1. The standard InChI is InChI=1S/C27H24N4O2S/c1-18-24(14-30-26(32)25-15-28-17-34-25)23-11-12-31(16-22(23)13-29-18)27(33)21-9-7-20(8-10-21)19-5-3-2-4-6-19/h2-10,13,15,17H,11-12,14,16H2,1H3,(H,30,32). The van der Waals surface area contributed by atoms with E-state index in [1.54, 1.807) is 11.7 Å². The minimum Gasteiger partial charge on any atom is -0.347 e. The Morgan fingerprint density at radius 1 is 1.03 bits per heavy atom. The lowest BCUT2D eigenvalue weighted by atomic mass is 9.94. The minimum absolute atomic E-state index is 0.0193. The van der Waals surface area contributed by atoms with Crippen molar-refractivity contribution in [3.8, 4) is 11.1 Å². The first kappa shape index (κ1) is 22.0. The number of rotatable bonds is 5. The summed E-state index contributed by atoms with van der Waals surface area (Å²) < 4.78 is 0. The molecule has 1 aliphatic rings. The third-order valence-corrected chi connectivity index (χ3v) is 6.98. The highest BCUT2D eigenvalue weighted by Gasteiger charge is 2.25. The molecule has 1 N–H and O–H groups in total. The van der Waals surface area contributed by atoms with E-state index in [2.05, 4.69) is 27.4 Å². The van der Waals surface area contributed by atoms with Crippen LogP contribution in [-0.2, 0) is 19.5 Å². The number of hydrogen-bond donors (Lipinski definition) is 1. The quantitative estimate of drug-likeness (QED) is 0.463. The number of nitrogens with one attached hydrogen (secondary N) is 1. The molecule has 0 fully saturated rings. The number of pyridine rings is 1. The Balaban J connectivity index is 1.29. The first-order valence-electron chi connectivity index (χ1n) is 11.2. The van der Waals surface area contributed by atoms with Crippen molar-refractivity contribution in [2.45, 2.75) is 26.4 Å². The van der Waals surface area contributed by atoms with Gasteiger partial charge in [0.05, 0.1) is 11.7 Å². The SMILES string of the molecule is Cc1ncc2c(c1CNC(=O)c1cncs1)CCN(C(=O)c1ccc(-c3ccccc3)cc1)C2. The van der Waals surface area contributed by atoms with E-state index in [9.17, 15) is 9.59 Å². The van der Waals surface area contributed by atoms with E-state index in [1.807, 2.05) is 60.5 Å². The molecule has 0 unspecified atom stereocenters. The fourth-order valence-electron chi connectivity index (χ4n) is 4.33. The smallest absolute Gasteiger partial charge is 0.263 e. The van der Waals surface area contributed by atoms with Gasteiger partial charge >= 0.3 is 0 Å². The molecule has 7 heteroatoms. The van der Waals surface area contributed by atoms with Crippen LogP contribution < -0.4 is 5.32 Å². The van der Waals surface area contributed by atoms with Gasteiger partial charge in [0.15, 0.2) is 0 Å². The molecule has 6 nitrogen and oxygen atoms in total. The molecule has 1 aliphatic heterocycles. The summed E-state index contributed by atoms with van der Waals surface area (Å²) in [7, 11) is 0. The molecule has 0 spiro atoms. The number of aryl methyl sites for hydroxylation is 1.